The van der Waals surface area contributed by atoms with Crippen LogP contribution >= 0.6 is 0 Å². The van der Waals surface area contributed by atoms with Crippen molar-refractivity contribution < 1.29 is 19.3 Å². The van der Waals surface area contributed by atoms with E-state index in [2.05, 4.69) is 0 Å². The third-order valence-electron chi connectivity index (χ3n) is 7.43. The van der Waals surface area contributed by atoms with E-state index >= 15 is 0 Å². The first-order valence-corrected chi connectivity index (χ1v) is 11.5. The molecule has 0 saturated carbocycles. The molecule has 3 heterocycles. The fourth-order valence-electron chi connectivity index (χ4n) is 5.68. The summed E-state index contributed by atoms with van der Waals surface area (Å²) in [5, 5.41) is 11.3. The molecule has 0 N–H and O–H groups in total. The normalized spacial score (nSPS) is 26.0. The van der Waals surface area contributed by atoms with Crippen molar-refractivity contribution in [1.29, 1.82) is 0 Å². The van der Waals surface area contributed by atoms with Gasteiger partial charge < -0.3 is 4.90 Å². The number of carbonyl (C=O) groups excluding carboxylic acids is 3. The summed E-state index contributed by atoms with van der Waals surface area (Å²) >= 11 is 0. The van der Waals surface area contributed by atoms with Gasteiger partial charge in [-0.2, -0.15) is 0 Å². The summed E-state index contributed by atoms with van der Waals surface area (Å²) in [4.78, 5) is 55.2. The van der Waals surface area contributed by atoms with E-state index in [0.29, 0.717) is 6.42 Å². The Kier molecular flexibility index (Phi) is 5.11. The Morgan fingerprint density at radius 1 is 1.09 bits per heavy atom. The summed E-state index contributed by atoms with van der Waals surface area (Å²) < 4.78 is 0. The first-order chi connectivity index (χ1) is 16.3. The summed E-state index contributed by atoms with van der Waals surface area (Å²) in [6.45, 7) is 5.72. The maximum atomic E-state index is 13.9. The van der Waals surface area contributed by atoms with Crippen LogP contribution in [0.5, 0.6) is 0 Å². The Morgan fingerprint density at radius 2 is 1.79 bits per heavy atom. The highest BCUT2D eigenvalue weighted by molar-refractivity contribution is 6.14. The van der Waals surface area contributed by atoms with Crippen LogP contribution in [0.15, 0.2) is 54.6 Å². The summed E-state index contributed by atoms with van der Waals surface area (Å²) in [5.74, 6) is -2.52. The van der Waals surface area contributed by atoms with Gasteiger partial charge >= 0.3 is 0 Å². The second kappa shape index (κ2) is 7.90. The van der Waals surface area contributed by atoms with Gasteiger partial charge in [0.25, 0.3) is 5.69 Å². The molecule has 2 saturated heterocycles. The average molecular weight is 460 g/mol. The number of anilines is 1. The monoisotopic (exact) mass is 459 g/mol. The number of carbonyl (C=O) groups is 3. The summed E-state index contributed by atoms with van der Waals surface area (Å²) in [6, 6.07) is 11.5. The molecular weight excluding hydrogens is 434 g/mol. The van der Waals surface area contributed by atoms with Crippen LogP contribution in [0.3, 0.4) is 0 Å². The Labute approximate surface area is 197 Å². The second-order valence-electron chi connectivity index (χ2n) is 9.24. The molecule has 0 unspecified atom stereocenters. The number of Topliss-reactive ketones (excluding diaryl/α,β-unsaturated/α-hetero) is 1. The highest BCUT2D eigenvalue weighted by atomic mass is 16.6. The molecule has 3 aliphatic rings. The molecule has 0 aliphatic carbocycles. The van der Waals surface area contributed by atoms with Crippen LogP contribution < -0.4 is 4.90 Å². The fraction of sp³-hybridized carbons (Fsp3) is 0.346. The number of imide groups is 1. The van der Waals surface area contributed by atoms with Gasteiger partial charge in [-0.3, -0.25) is 29.4 Å². The van der Waals surface area contributed by atoms with Gasteiger partial charge in [0, 0.05) is 35.0 Å². The number of para-hydroxylation sites is 1. The highest BCUT2D eigenvalue weighted by Gasteiger charge is 2.64. The second-order valence-corrected chi connectivity index (χ2v) is 9.24. The Hall–Kier alpha value is -3.81. The molecule has 2 fully saturated rings. The summed E-state index contributed by atoms with van der Waals surface area (Å²) in [5.41, 5.74) is 2.68. The molecule has 174 valence electrons. The number of amides is 2. The van der Waals surface area contributed by atoms with E-state index in [1.54, 1.807) is 0 Å². The number of non-ortho nitro benzene ring substituents is 1. The zero-order valence-electron chi connectivity index (χ0n) is 19.2. The molecule has 2 amide bonds. The van der Waals surface area contributed by atoms with Gasteiger partial charge in [-0.05, 0) is 31.9 Å². The Balaban J connectivity index is 1.68. The highest BCUT2D eigenvalue weighted by Crippen LogP contribution is 2.50. The van der Waals surface area contributed by atoms with Crippen LogP contribution in [-0.4, -0.2) is 45.5 Å². The molecule has 5 atom stereocenters. The van der Waals surface area contributed by atoms with Crippen molar-refractivity contribution in [1.82, 2.24) is 4.90 Å². The smallest absolute Gasteiger partial charge is 0.270 e. The molecular formula is C26H25N3O5. The largest absolute Gasteiger partial charge is 0.352 e. The first-order valence-electron chi connectivity index (χ1n) is 11.5. The van der Waals surface area contributed by atoms with E-state index in [1.165, 1.54) is 29.2 Å². The van der Waals surface area contributed by atoms with Crippen LogP contribution in [0.25, 0.3) is 5.57 Å². The molecule has 0 bridgehead atoms. The van der Waals surface area contributed by atoms with E-state index in [0.717, 1.165) is 16.8 Å². The molecule has 8 heteroatoms. The van der Waals surface area contributed by atoms with Crippen molar-refractivity contribution in [2.45, 2.75) is 45.3 Å². The van der Waals surface area contributed by atoms with E-state index in [9.17, 15) is 24.5 Å². The van der Waals surface area contributed by atoms with Gasteiger partial charge in [0.15, 0.2) is 5.78 Å². The van der Waals surface area contributed by atoms with Crippen molar-refractivity contribution in [2.24, 2.45) is 11.8 Å². The zero-order chi connectivity index (χ0) is 24.3. The van der Waals surface area contributed by atoms with Crippen molar-refractivity contribution in [3.8, 4) is 0 Å². The molecule has 34 heavy (non-hydrogen) atoms. The molecule has 5 rings (SSSR count). The minimum Gasteiger partial charge on any atom is -0.352 e. The van der Waals surface area contributed by atoms with Gasteiger partial charge in [0.2, 0.25) is 11.8 Å². The van der Waals surface area contributed by atoms with E-state index < -0.39 is 34.6 Å². The number of rotatable bonds is 5. The molecule has 8 nitrogen and oxygen atoms in total. The van der Waals surface area contributed by atoms with Crippen molar-refractivity contribution in [3.63, 3.8) is 0 Å². The molecule has 0 radical (unpaired) electrons. The van der Waals surface area contributed by atoms with E-state index in [4.69, 9.17) is 0 Å². The molecule has 2 aromatic carbocycles. The van der Waals surface area contributed by atoms with Crippen molar-refractivity contribution >= 4 is 34.5 Å². The third kappa shape index (κ3) is 3.01. The third-order valence-corrected chi connectivity index (χ3v) is 7.43. The number of benzene rings is 2. The average Bonchev–Trinajstić information content (AvgIpc) is 3.31. The number of nitrogens with zero attached hydrogens (tertiary/aromatic N) is 3. The van der Waals surface area contributed by atoms with Gasteiger partial charge in [-0.15, -0.1) is 0 Å². The lowest BCUT2D eigenvalue weighted by Crippen LogP contribution is -2.50. The quantitative estimate of drug-likeness (QED) is 0.291. The minimum absolute atomic E-state index is 0.157. The lowest BCUT2D eigenvalue weighted by atomic mass is 9.85. The topological polar surface area (TPSA) is 101 Å². The van der Waals surface area contributed by atoms with Crippen LogP contribution in [0.4, 0.5) is 11.4 Å². The van der Waals surface area contributed by atoms with E-state index in [1.807, 2.05) is 56.0 Å². The Morgan fingerprint density at radius 3 is 2.50 bits per heavy atom. The number of nitro benzene ring substituents is 1. The number of allylic oxidation sites excluding steroid dienone is 1. The maximum absolute atomic E-state index is 13.9. The Bertz CT molecular complexity index is 1270. The predicted molar refractivity (Wildman–Crippen MR) is 126 cm³/mol. The lowest BCUT2D eigenvalue weighted by Gasteiger charge is -2.38. The first kappa shape index (κ1) is 22.0. The standard InChI is InChI=1S/C26H25N3O5/c1-4-15(3)27-25(31)21-20-12-14(2)18-10-5-6-11-19(18)28(20)23(22(21)26(27)32)24(30)16-8-7-9-17(13-16)29(33)34/h5-13,15,20-23H,4H2,1-3H3/t15-,20+,21-,22-,23-/m0/s1. The summed E-state index contributed by atoms with van der Waals surface area (Å²) in [6.07, 6.45) is 2.60. The number of hydrogen-bond donors (Lipinski definition) is 0. The number of fused-ring (bicyclic) bond motifs is 5. The molecule has 3 aliphatic heterocycles. The zero-order valence-corrected chi connectivity index (χ0v) is 19.2. The SMILES string of the molecule is CC[C@H](C)N1C(=O)[C@@H]2[C@H](C1=O)[C@@H](C(=O)c1cccc([N+](=O)[O-])c1)N1c3ccccc3C(C)=C[C@H]21. The molecule has 2 aromatic rings. The van der Waals surface area contributed by atoms with Crippen molar-refractivity contribution in [3.05, 3.63) is 75.8 Å². The van der Waals surface area contributed by atoms with Crippen LogP contribution in [0.1, 0.15) is 43.1 Å². The lowest BCUT2D eigenvalue weighted by molar-refractivity contribution is -0.384. The summed E-state index contributed by atoms with van der Waals surface area (Å²) in [7, 11) is 0. The van der Waals surface area contributed by atoms with Crippen LogP contribution in [-0.2, 0) is 9.59 Å². The van der Waals surface area contributed by atoms with Gasteiger partial charge in [-0.25, -0.2) is 0 Å². The number of hydrogen-bond acceptors (Lipinski definition) is 6. The van der Waals surface area contributed by atoms with E-state index in [-0.39, 0.29) is 29.1 Å². The minimum atomic E-state index is -0.937. The maximum Gasteiger partial charge on any atom is 0.270 e. The van der Waals surface area contributed by atoms with Gasteiger partial charge in [0.05, 0.1) is 22.8 Å². The number of ketones is 1. The number of likely N-dealkylation sites (tertiary alicyclic amines) is 1. The molecule has 0 spiro atoms. The van der Waals surface area contributed by atoms with Crippen molar-refractivity contribution in [2.75, 3.05) is 4.90 Å². The predicted octanol–water partition coefficient (Wildman–Crippen LogP) is 3.85. The fourth-order valence-corrected chi connectivity index (χ4v) is 5.68. The van der Waals surface area contributed by atoms with Gasteiger partial charge in [0.1, 0.15) is 6.04 Å². The van der Waals surface area contributed by atoms with Gasteiger partial charge in [-0.1, -0.05) is 43.3 Å². The van der Waals surface area contributed by atoms with Crippen LogP contribution in [0.2, 0.25) is 0 Å². The number of nitro groups is 1. The molecule has 0 aromatic heterocycles. The van der Waals surface area contributed by atoms with Crippen LogP contribution in [0, 0.1) is 22.0 Å².